The van der Waals surface area contributed by atoms with Crippen molar-refractivity contribution >= 4 is 17.0 Å². The maximum atomic E-state index is 11.8. The lowest BCUT2D eigenvalue weighted by Gasteiger charge is -2.15. The van der Waals surface area contributed by atoms with E-state index < -0.39 is 0 Å². The fraction of sp³-hybridized carbons (Fsp3) is 0.385. The van der Waals surface area contributed by atoms with E-state index in [2.05, 4.69) is 4.98 Å². The van der Waals surface area contributed by atoms with Gasteiger partial charge in [-0.15, -0.1) is 0 Å². The van der Waals surface area contributed by atoms with E-state index in [-0.39, 0.29) is 18.1 Å². The van der Waals surface area contributed by atoms with E-state index >= 15 is 0 Å². The minimum absolute atomic E-state index is 0.0975. The van der Waals surface area contributed by atoms with E-state index in [1.807, 2.05) is 49.6 Å². The van der Waals surface area contributed by atoms with Gasteiger partial charge in [-0.3, -0.25) is 0 Å². The Hall–Kier alpha value is -1.84. The van der Waals surface area contributed by atoms with Crippen molar-refractivity contribution in [1.82, 2.24) is 9.55 Å². The molecule has 1 heterocycles. The van der Waals surface area contributed by atoms with Crippen molar-refractivity contribution < 1.29 is 9.53 Å². The van der Waals surface area contributed by atoms with Gasteiger partial charge in [0.05, 0.1) is 23.5 Å². The van der Waals surface area contributed by atoms with Crippen molar-refractivity contribution in [3.05, 3.63) is 30.6 Å². The van der Waals surface area contributed by atoms with Gasteiger partial charge in [0.2, 0.25) is 0 Å². The first-order valence-corrected chi connectivity index (χ1v) is 5.71. The molecule has 0 aliphatic heterocycles. The van der Waals surface area contributed by atoms with Crippen molar-refractivity contribution in [1.29, 1.82) is 0 Å². The molecule has 0 bridgehead atoms. The molecule has 0 saturated heterocycles. The molecule has 4 nitrogen and oxygen atoms in total. The SMILES string of the molecule is CC(C)OC(=O)[C@@H](C)n1cnc2ccccc21. The molecule has 0 saturated carbocycles. The van der Waals surface area contributed by atoms with Gasteiger partial charge in [-0.2, -0.15) is 0 Å². The Balaban J connectivity index is 2.30. The molecule has 1 aromatic carbocycles. The first-order chi connectivity index (χ1) is 8.09. The molecule has 2 aromatic rings. The summed E-state index contributed by atoms with van der Waals surface area (Å²) in [6, 6.07) is 7.37. The Morgan fingerprint density at radius 2 is 2.00 bits per heavy atom. The highest BCUT2D eigenvalue weighted by molar-refractivity contribution is 5.80. The third-order valence-corrected chi connectivity index (χ3v) is 2.59. The lowest BCUT2D eigenvalue weighted by atomic mass is 10.3. The molecule has 1 atom stereocenters. The Kier molecular flexibility index (Phi) is 3.13. The maximum absolute atomic E-state index is 11.8. The molecular formula is C13H16N2O2. The minimum Gasteiger partial charge on any atom is -0.461 e. The zero-order valence-electron chi connectivity index (χ0n) is 10.3. The van der Waals surface area contributed by atoms with Crippen molar-refractivity contribution in [2.75, 3.05) is 0 Å². The van der Waals surface area contributed by atoms with Crippen LogP contribution < -0.4 is 0 Å². The normalized spacial score (nSPS) is 12.9. The largest absolute Gasteiger partial charge is 0.461 e. The van der Waals surface area contributed by atoms with Crippen molar-refractivity contribution in [2.24, 2.45) is 0 Å². The van der Waals surface area contributed by atoms with Crippen LogP contribution in [-0.4, -0.2) is 21.6 Å². The number of benzene rings is 1. The Morgan fingerprint density at radius 3 is 2.71 bits per heavy atom. The number of hydrogen-bond acceptors (Lipinski definition) is 3. The molecular weight excluding hydrogens is 216 g/mol. The molecule has 1 aromatic heterocycles. The van der Waals surface area contributed by atoms with Crippen LogP contribution in [0.3, 0.4) is 0 Å². The Labute approximate surface area is 100 Å². The summed E-state index contributed by atoms with van der Waals surface area (Å²) in [5.74, 6) is -0.233. The zero-order chi connectivity index (χ0) is 12.4. The number of hydrogen-bond donors (Lipinski definition) is 0. The quantitative estimate of drug-likeness (QED) is 0.764. The fourth-order valence-corrected chi connectivity index (χ4v) is 1.73. The standard InChI is InChI=1S/C13H16N2O2/c1-9(2)17-13(16)10(3)15-8-14-11-6-4-5-7-12(11)15/h4-10H,1-3H3/t10-/m1/s1. The van der Waals surface area contributed by atoms with Gasteiger partial charge in [-0.1, -0.05) is 12.1 Å². The molecule has 2 rings (SSSR count). The summed E-state index contributed by atoms with van der Waals surface area (Å²) in [7, 11) is 0. The van der Waals surface area contributed by atoms with Gasteiger partial charge in [0.25, 0.3) is 0 Å². The summed E-state index contributed by atoms with van der Waals surface area (Å²) in [6.45, 7) is 5.51. The van der Waals surface area contributed by atoms with Crippen LogP contribution in [0.1, 0.15) is 26.8 Å². The van der Waals surface area contributed by atoms with Crippen LogP contribution >= 0.6 is 0 Å². The predicted octanol–water partition coefficient (Wildman–Crippen LogP) is 2.55. The lowest BCUT2D eigenvalue weighted by Crippen LogP contribution is -2.21. The van der Waals surface area contributed by atoms with Crippen molar-refractivity contribution in [2.45, 2.75) is 32.9 Å². The van der Waals surface area contributed by atoms with Gasteiger partial charge in [0, 0.05) is 0 Å². The first kappa shape index (κ1) is 11.6. The number of carbonyl (C=O) groups is 1. The molecule has 0 spiro atoms. The van der Waals surface area contributed by atoms with Gasteiger partial charge in [-0.25, -0.2) is 9.78 Å². The number of esters is 1. The topological polar surface area (TPSA) is 44.1 Å². The van der Waals surface area contributed by atoms with Crippen molar-refractivity contribution in [3.8, 4) is 0 Å². The molecule has 0 unspecified atom stereocenters. The number of aromatic nitrogens is 2. The highest BCUT2D eigenvalue weighted by atomic mass is 16.5. The van der Waals surface area contributed by atoms with Crippen LogP contribution in [0, 0.1) is 0 Å². The van der Waals surface area contributed by atoms with Gasteiger partial charge in [-0.05, 0) is 32.9 Å². The molecule has 0 aliphatic carbocycles. The summed E-state index contributed by atoms with van der Waals surface area (Å²) in [4.78, 5) is 16.1. The molecule has 0 aliphatic rings. The maximum Gasteiger partial charge on any atom is 0.329 e. The highest BCUT2D eigenvalue weighted by Crippen LogP contribution is 2.18. The molecule has 0 amide bonds. The van der Waals surface area contributed by atoms with Gasteiger partial charge < -0.3 is 9.30 Å². The van der Waals surface area contributed by atoms with Crippen LogP contribution in [0.15, 0.2) is 30.6 Å². The number of para-hydroxylation sites is 2. The molecule has 90 valence electrons. The zero-order valence-corrected chi connectivity index (χ0v) is 10.3. The summed E-state index contributed by atoms with van der Waals surface area (Å²) >= 11 is 0. The first-order valence-electron chi connectivity index (χ1n) is 5.71. The predicted molar refractivity (Wildman–Crippen MR) is 65.7 cm³/mol. The summed E-state index contributed by atoms with van der Waals surface area (Å²) in [6.07, 6.45) is 1.58. The molecule has 0 fully saturated rings. The Bertz CT molecular complexity index is 531. The number of nitrogens with zero attached hydrogens (tertiary/aromatic N) is 2. The second-order valence-corrected chi connectivity index (χ2v) is 4.30. The second-order valence-electron chi connectivity index (χ2n) is 4.30. The lowest BCUT2D eigenvalue weighted by molar-refractivity contribution is -0.150. The second kappa shape index (κ2) is 4.57. The van der Waals surface area contributed by atoms with Crippen LogP contribution in [0.25, 0.3) is 11.0 Å². The summed E-state index contributed by atoms with van der Waals surface area (Å²) in [5.41, 5.74) is 1.83. The van der Waals surface area contributed by atoms with E-state index in [0.29, 0.717) is 0 Å². The van der Waals surface area contributed by atoms with E-state index in [4.69, 9.17) is 4.74 Å². The number of ether oxygens (including phenoxy) is 1. The van der Waals surface area contributed by atoms with E-state index in [1.54, 1.807) is 6.33 Å². The monoisotopic (exact) mass is 232 g/mol. The molecule has 17 heavy (non-hydrogen) atoms. The van der Waals surface area contributed by atoms with Crippen LogP contribution in [-0.2, 0) is 9.53 Å². The van der Waals surface area contributed by atoms with E-state index in [1.165, 1.54) is 0 Å². The van der Waals surface area contributed by atoms with Crippen LogP contribution in [0.4, 0.5) is 0 Å². The fourth-order valence-electron chi connectivity index (χ4n) is 1.73. The average molecular weight is 232 g/mol. The van der Waals surface area contributed by atoms with Gasteiger partial charge in [0.15, 0.2) is 0 Å². The molecule has 4 heteroatoms. The average Bonchev–Trinajstić information content (AvgIpc) is 2.70. The number of imidazole rings is 1. The smallest absolute Gasteiger partial charge is 0.329 e. The number of rotatable bonds is 3. The van der Waals surface area contributed by atoms with Crippen molar-refractivity contribution in [3.63, 3.8) is 0 Å². The van der Waals surface area contributed by atoms with Crippen LogP contribution in [0.2, 0.25) is 0 Å². The number of carbonyl (C=O) groups excluding carboxylic acids is 1. The summed E-state index contributed by atoms with van der Waals surface area (Å²) < 4.78 is 7.03. The third-order valence-electron chi connectivity index (χ3n) is 2.59. The van der Waals surface area contributed by atoms with Crippen LogP contribution in [0.5, 0.6) is 0 Å². The number of fused-ring (bicyclic) bond motifs is 1. The van der Waals surface area contributed by atoms with Gasteiger partial charge in [0.1, 0.15) is 6.04 Å². The summed E-state index contributed by atoms with van der Waals surface area (Å²) in [5, 5.41) is 0. The molecule has 0 radical (unpaired) electrons. The van der Waals surface area contributed by atoms with E-state index in [9.17, 15) is 4.79 Å². The third kappa shape index (κ3) is 2.30. The van der Waals surface area contributed by atoms with Gasteiger partial charge >= 0.3 is 5.97 Å². The Morgan fingerprint density at radius 1 is 1.29 bits per heavy atom. The highest BCUT2D eigenvalue weighted by Gasteiger charge is 2.19. The molecule has 0 N–H and O–H groups in total. The minimum atomic E-state index is -0.357. The van der Waals surface area contributed by atoms with E-state index in [0.717, 1.165) is 11.0 Å².